The molecule has 3 nitrogen and oxygen atoms in total. The average Bonchev–Trinajstić information content (AvgIpc) is 2.67. The molecule has 0 aliphatic carbocycles. The summed E-state index contributed by atoms with van der Waals surface area (Å²) in [6, 6.07) is 23.2. The summed E-state index contributed by atoms with van der Waals surface area (Å²) in [6.07, 6.45) is 0. The second kappa shape index (κ2) is 7.86. The van der Waals surface area contributed by atoms with Gasteiger partial charge in [-0.25, -0.2) is 0 Å². The lowest BCUT2D eigenvalue weighted by Gasteiger charge is -2.10. The van der Waals surface area contributed by atoms with Crippen molar-refractivity contribution in [2.24, 2.45) is 0 Å². The summed E-state index contributed by atoms with van der Waals surface area (Å²) in [6.45, 7) is 0.426. The van der Waals surface area contributed by atoms with Gasteiger partial charge >= 0.3 is 0 Å². The molecule has 0 aliphatic rings. The summed E-state index contributed by atoms with van der Waals surface area (Å²) >= 11 is 5.99. The van der Waals surface area contributed by atoms with Crippen LogP contribution in [0.1, 0.15) is 15.9 Å². The highest BCUT2D eigenvalue weighted by atomic mass is 35.5. The summed E-state index contributed by atoms with van der Waals surface area (Å²) in [5.41, 5.74) is 3.71. The molecule has 3 aromatic carbocycles. The van der Waals surface area contributed by atoms with E-state index < -0.39 is 0 Å². The third-order valence-corrected chi connectivity index (χ3v) is 4.13. The monoisotopic (exact) mass is 351 g/mol. The van der Waals surface area contributed by atoms with E-state index >= 15 is 0 Å². The Bertz CT molecular complexity index is 878. The molecular weight excluding hydrogens is 334 g/mol. The van der Waals surface area contributed by atoms with Gasteiger partial charge in [-0.2, -0.15) is 0 Å². The number of halogens is 1. The van der Waals surface area contributed by atoms with Gasteiger partial charge in [-0.05, 0) is 41.0 Å². The minimum Gasteiger partial charge on any atom is -0.496 e. The Labute approximate surface area is 152 Å². The molecule has 0 saturated carbocycles. The molecule has 0 radical (unpaired) electrons. The van der Waals surface area contributed by atoms with E-state index in [1.165, 1.54) is 7.11 Å². The lowest BCUT2D eigenvalue weighted by atomic mass is 10.0. The largest absolute Gasteiger partial charge is 0.496 e. The smallest absolute Gasteiger partial charge is 0.255 e. The first-order valence-corrected chi connectivity index (χ1v) is 8.31. The molecule has 0 bridgehead atoms. The summed E-state index contributed by atoms with van der Waals surface area (Å²) in [5, 5.41) is 3.42. The number of benzene rings is 3. The number of carbonyl (C=O) groups is 1. The van der Waals surface area contributed by atoms with Gasteiger partial charge in [-0.1, -0.05) is 60.1 Å². The highest BCUT2D eigenvalue weighted by Crippen LogP contribution is 2.23. The molecule has 4 heteroatoms. The van der Waals surface area contributed by atoms with Gasteiger partial charge in [-0.15, -0.1) is 0 Å². The molecule has 0 aromatic heterocycles. The fraction of sp³-hybridized carbons (Fsp3) is 0.0952. The van der Waals surface area contributed by atoms with Crippen molar-refractivity contribution in [3.05, 3.63) is 88.9 Å². The Morgan fingerprint density at radius 2 is 1.72 bits per heavy atom. The number of ether oxygens (including phenoxy) is 1. The minimum absolute atomic E-state index is 0.218. The number of hydrogen-bond donors (Lipinski definition) is 1. The average molecular weight is 352 g/mol. The molecule has 3 aromatic rings. The van der Waals surface area contributed by atoms with Gasteiger partial charge in [0.1, 0.15) is 5.75 Å². The quantitative estimate of drug-likeness (QED) is 0.706. The van der Waals surface area contributed by atoms with Crippen molar-refractivity contribution in [2.75, 3.05) is 7.11 Å². The Kier molecular flexibility index (Phi) is 5.36. The van der Waals surface area contributed by atoms with Crippen LogP contribution >= 0.6 is 11.6 Å². The van der Waals surface area contributed by atoms with E-state index in [2.05, 4.69) is 29.6 Å². The molecule has 3 rings (SSSR count). The second-order valence-electron chi connectivity index (χ2n) is 5.59. The zero-order chi connectivity index (χ0) is 17.6. The van der Waals surface area contributed by atoms with Crippen LogP contribution in [0, 0.1) is 0 Å². The number of nitrogens with one attached hydrogen (secondary N) is 1. The van der Waals surface area contributed by atoms with Crippen LogP contribution in [0.4, 0.5) is 0 Å². The first-order valence-electron chi connectivity index (χ1n) is 7.93. The third-order valence-electron chi connectivity index (χ3n) is 3.89. The minimum atomic E-state index is -0.218. The molecule has 0 spiro atoms. The molecule has 126 valence electrons. The maximum Gasteiger partial charge on any atom is 0.255 e. The van der Waals surface area contributed by atoms with E-state index in [1.54, 1.807) is 18.2 Å². The summed E-state index contributed by atoms with van der Waals surface area (Å²) in [5.74, 6) is 0.282. The molecule has 0 atom stereocenters. The van der Waals surface area contributed by atoms with Crippen LogP contribution in [0.25, 0.3) is 11.1 Å². The molecule has 1 amide bonds. The van der Waals surface area contributed by atoms with Crippen molar-refractivity contribution >= 4 is 17.5 Å². The van der Waals surface area contributed by atoms with Crippen LogP contribution < -0.4 is 10.1 Å². The van der Waals surface area contributed by atoms with E-state index in [1.807, 2.05) is 30.3 Å². The lowest BCUT2D eigenvalue weighted by molar-refractivity contribution is 0.0948. The Morgan fingerprint density at radius 1 is 0.960 bits per heavy atom. The first-order chi connectivity index (χ1) is 12.2. The standard InChI is InChI=1S/C21H18ClNO2/c1-25-20-11-10-18(22)13-19(20)21(24)23-14-15-6-5-9-17(12-15)16-7-3-2-4-8-16/h2-13H,14H2,1H3,(H,23,24). The van der Waals surface area contributed by atoms with Crippen LogP contribution in [-0.2, 0) is 6.54 Å². The van der Waals surface area contributed by atoms with E-state index in [4.69, 9.17) is 16.3 Å². The van der Waals surface area contributed by atoms with Crippen LogP contribution in [0.5, 0.6) is 5.75 Å². The lowest BCUT2D eigenvalue weighted by Crippen LogP contribution is -2.23. The number of methoxy groups -OCH3 is 1. The van der Waals surface area contributed by atoms with Crippen LogP contribution in [0.15, 0.2) is 72.8 Å². The van der Waals surface area contributed by atoms with Crippen LogP contribution in [0.2, 0.25) is 5.02 Å². The van der Waals surface area contributed by atoms with Crippen molar-refractivity contribution < 1.29 is 9.53 Å². The number of carbonyl (C=O) groups excluding carboxylic acids is 1. The van der Waals surface area contributed by atoms with Gasteiger partial charge in [0.15, 0.2) is 0 Å². The number of rotatable bonds is 5. The Morgan fingerprint density at radius 3 is 2.48 bits per heavy atom. The highest BCUT2D eigenvalue weighted by molar-refractivity contribution is 6.31. The molecular formula is C21H18ClNO2. The van der Waals surface area contributed by atoms with E-state index in [9.17, 15) is 4.79 Å². The Balaban J connectivity index is 1.74. The predicted molar refractivity (Wildman–Crippen MR) is 101 cm³/mol. The zero-order valence-electron chi connectivity index (χ0n) is 13.8. The van der Waals surface area contributed by atoms with Gasteiger partial charge in [0, 0.05) is 11.6 Å². The summed E-state index contributed by atoms with van der Waals surface area (Å²) in [4.78, 5) is 12.5. The van der Waals surface area contributed by atoms with E-state index in [0.29, 0.717) is 22.9 Å². The summed E-state index contributed by atoms with van der Waals surface area (Å²) in [7, 11) is 1.53. The third kappa shape index (κ3) is 4.20. The maximum absolute atomic E-state index is 12.5. The predicted octanol–water partition coefficient (Wildman–Crippen LogP) is 4.95. The van der Waals surface area contributed by atoms with Crippen LogP contribution in [0.3, 0.4) is 0 Å². The SMILES string of the molecule is COc1ccc(Cl)cc1C(=O)NCc1cccc(-c2ccccc2)c1. The summed E-state index contributed by atoms with van der Waals surface area (Å²) < 4.78 is 5.23. The highest BCUT2D eigenvalue weighted by Gasteiger charge is 2.12. The first kappa shape index (κ1) is 17.1. The number of hydrogen-bond acceptors (Lipinski definition) is 2. The Hall–Kier alpha value is -2.78. The molecule has 0 unspecified atom stereocenters. The molecule has 1 N–H and O–H groups in total. The second-order valence-corrected chi connectivity index (χ2v) is 6.03. The van der Waals surface area contributed by atoms with Crippen molar-refractivity contribution in [3.63, 3.8) is 0 Å². The van der Waals surface area contributed by atoms with Gasteiger partial charge in [0.2, 0.25) is 0 Å². The van der Waals surface area contributed by atoms with E-state index in [0.717, 1.165) is 16.7 Å². The fourth-order valence-corrected chi connectivity index (χ4v) is 2.80. The van der Waals surface area contributed by atoms with Crippen LogP contribution in [-0.4, -0.2) is 13.0 Å². The maximum atomic E-state index is 12.5. The normalized spacial score (nSPS) is 10.3. The van der Waals surface area contributed by atoms with Gasteiger partial charge in [0.25, 0.3) is 5.91 Å². The zero-order valence-corrected chi connectivity index (χ0v) is 14.6. The van der Waals surface area contributed by atoms with Crippen molar-refractivity contribution in [3.8, 4) is 16.9 Å². The van der Waals surface area contributed by atoms with Gasteiger partial charge < -0.3 is 10.1 Å². The molecule has 0 saturated heterocycles. The van der Waals surface area contributed by atoms with Crippen molar-refractivity contribution in [1.29, 1.82) is 0 Å². The van der Waals surface area contributed by atoms with Gasteiger partial charge in [0.05, 0.1) is 12.7 Å². The van der Waals surface area contributed by atoms with Crippen molar-refractivity contribution in [1.82, 2.24) is 5.32 Å². The number of amides is 1. The topological polar surface area (TPSA) is 38.3 Å². The molecule has 0 fully saturated rings. The van der Waals surface area contributed by atoms with Gasteiger partial charge in [-0.3, -0.25) is 4.79 Å². The molecule has 0 heterocycles. The fourth-order valence-electron chi connectivity index (χ4n) is 2.63. The van der Waals surface area contributed by atoms with E-state index in [-0.39, 0.29) is 5.91 Å². The molecule has 0 aliphatic heterocycles. The molecule has 25 heavy (non-hydrogen) atoms. The van der Waals surface area contributed by atoms with Crippen molar-refractivity contribution in [2.45, 2.75) is 6.54 Å².